The van der Waals surface area contributed by atoms with Gasteiger partial charge in [-0.15, -0.1) is 24.0 Å². The molecule has 1 heterocycles. The number of hydrogen-bond donors (Lipinski definition) is 2. The Bertz CT molecular complexity index is 621. The van der Waals surface area contributed by atoms with Gasteiger partial charge in [0.05, 0.1) is 6.26 Å². The summed E-state index contributed by atoms with van der Waals surface area (Å²) in [6.45, 7) is 4.47. The van der Waals surface area contributed by atoms with Gasteiger partial charge in [-0.05, 0) is 49.3 Å². The highest BCUT2D eigenvalue weighted by Crippen LogP contribution is 2.47. The van der Waals surface area contributed by atoms with Gasteiger partial charge in [0.15, 0.2) is 5.96 Å². The zero-order valence-corrected chi connectivity index (χ0v) is 16.5. The Morgan fingerprint density at radius 2 is 1.92 bits per heavy atom. The van der Waals surface area contributed by atoms with Crippen LogP contribution in [0.4, 0.5) is 0 Å². The second kappa shape index (κ2) is 9.11. The van der Waals surface area contributed by atoms with Crippen molar-refractivity contribution in [2.75, 3.05) is 13.1 Å². The Balaban J connectivity index is 0.00000208. The van der Waals surface area contributed by atoms with Crippen LogP contribution in [0, 0.1) is 5.41 Å². The lowest BCUT2D eigenvalue weighted by Crippen LogP contribution is -2.40. The third-order valence-corrected chi connectivity index (χ3v) is 4.33. The average molecular weight is 439 g/mol. The van der Waals surface area contributed by atoms with Gasteiger partial charge in [-0.3, -0.25) is 0 Å². The molecule has 1 aliphatic carbocycles. The summed E-state index contributed by atoms with van der Waals surface area (Å²) in [5.41, 5.74) is 1.81. The van der Waals surface area contributed by atoms with Crippen LogP contribution in [-0.2, 0) is 13.0 Å². The van der Waals surface area contributed by atoms with Crippen molar-refractivity contribution in [2.45, 2.75) is 32.7 Å². The molecular formula is C19H26IN3O. The molecule has 2 aromatic rings. The minimum absolute atomic E-state index is 0. The normalized spacial score (nSPS) is 15.5. The molecule has 24 heavy (non-hydrogen) atoms. The van der Waals surface area contributed by atoms with Crippen LogP contribution in [-0.4, -0.2) is 19.0 Å². The predicted molar refractivity (Wildman–Crippen MR) is 109 cm³/mol. The van der Waals surface area contributed by atoms with Crippen molar-refractivity contribution in [2.24, 2.45) is 10.4 Å². The first-order valence-electron chi connectivity index (χ1n) is 8.38. The third-order valence-electron chi connectivity index (χ3n) is 4.33. The third kappa shape index (κ3) is 5.54. The largest absolute Gasteiger partial charge is 0.467 e. The Labute approximate surface area is 161 Å². The Morgan fingerprint density at radius 1 is 1.12 bits per heavy atom. The van der Waals surface area contributed by atoms with Crippen molar-refractivity contribution in [3.63, 3.8) is 0 Å². The summed E-state index contributed by atoms with van der Waals surface area (Å²) in [4.78, 5) is 4.59. The molecule has 3 rings (SSSR count). The van der Waals surface area contributed by atoms with Crippen LogP contribution in [0.2, 0.25) is 0 Å². The maximum atomic E-state index is 5.34. The molecule has 0 radical (unpaired) electrons. The fourth-order valence-electron chi connectivity index (χ4n) is 2.79. The van der Waals surface area contributed by atoms with Crippen LogP contribution < -0.4 is 10.6 Å². The molecule has 1 aromatic carbocycles. The first-order valence-corrected chi connectivity index (χ1v) is 8.38. The number of nitrogens with one attached hydrogen (secondary N) is 2. The fourth-order valence-corrected chi connectivity index (χ4v) is 2.79. The zero-order chi connectivity index (χ0) is 16.0. The van der Waals surface area contributed by atoms with E-state index >= 15 is 0 Å². The maximum Gasteiger partial charge on any atom is 0.191 e. The maximum absolute atomic E-state index is 5.34. The lowest BCUT2D eigenvalue weighted by molar-refractivity contribution is 0.490. The minimum atomic E-state index is 0. The summed E-state index contributed by atoms with van der Waals surface area (Å²) in [6.07, 6.45) is 5.39. The molecule has 4 nitrogen and oxygen atoms in total. The molecule has 1 fully saturated rings. The lowest BCUT2D eigenvalue weighted by atomic mass is 9.96. The van der Waals surface area contributed by atoms with Crippen molar-refractivity contribution in [3.8, 4) is 0 Å². The van der Waals surface area contributed by atoms with E-state index in [2.05, 4.69) is 52.9 Å². The number of furan rings is 1. The second-order valence-electron chi connectivity index (χ2n) is 6.29. The van der Waals surface area contributed by atoms with E-state index in [1.165, 1.54) is 18.4 Å². The highest BCUT2D eigenvalue weighted by Gasteiger charge is 2.42. The number of benzene rings is 1. The van der Waals surface area contributed by atoms with Gasteiger partial charge in [-0.1, -0.05) is 30.3 Å². The van der Waals surface area contributed by atoms with Crippen LogP contribution in [0.1, 0.15) is 31.1 Å². The average Bonchev–Trinajstić information content (AvgIpc) is 3.13. The van der Waals surface area contributed by atoms with Crippen molar-refractivity contribution < 1.29 is 4.42 Å². The summed E-state index contributed by atoms with van der Waals surface area (Å²) in [7, 11) is 0. The van der Waals surface area contributed by atoms with Gasteiger partial charge in [-0.2, -0.15) is 0 Å². The Morgan fingerprint density at radius 3 is 2.54 bits per heavy atom. The van der Waals surface area contributed by atoms with Crippen LogP contribution in [0.3, 0.4) is 0 Å². The van der Waals surface area contributed by atoms with E-state index in [0.29, 0.717) is 12.0 Å². The van der Waals surface area contributed by atoms with E-state index < -0.39 is 0 Å². The van der Waals surface area contributed by atoms with Crippen LogP contribution >= 0.6 is 24.0 Å². The van der Waals surface area contributed by atoms with Gasteiger partial charge in [0.25, 0.3) is 0 Å². The number of guanidine groups is 1. The molecule has 0 bridgehead atoms. The Kier molecular flexibility index (Phi) is 7.15. The van der Waals surface area contributed by atoms with Crippen molar-refractivity contribution in [3.05, 3.63) is 60.1 Å². The highest BCUT2D eigenvalue weighted by atomic mass is 127. The first-order chi connectivity index (χ1) is 11.3. The molecule has 5 heteroatoms. The molecule has 0 amide bonds. The monoisotopic (exact) mass is 439 g/mol. The summed E-state index contributed by atoms with van der Waals surface area (Å²) in [5.74, 6) is 1.75. The molecule has 1 saturated carbocycles. The van der Waals surface area contributed by atoms with Crippen LogP contribution in [0.5, 0.6) is 0 Å². The van der Waals surface area contributed by atoms with Gasteiger partial charge in [0, 0.05) is 13.1 Å². The van der Waals surface area contributed by atoms with Crippen molar-refractivity contribution in [1.29, 1.82) is 0 Å². The van der Waals surface area contributed by atoms with E-state index in [-0.39, 0.29) is 24.0 Å². The summed E-state index contributed by atoms with van der Waals surface area (Å²) in [5, 5.41) is 6.81. The van der Waals surface area contributed by atoms with Crippen molar-refractivity contribution in [1.82, 2.24) is 10.6 Å². The van der Waals surface area contributed by atoms with E-state index in [1.807, 2.05) is 12.1 Å². The minimum Gasteiger partial charge on any atom is -0.467 e. The van der Waals surface area contributed by atoms with E-state index in [1.54, 1.807) is 6.26 Å². The number of hydrogen-bond acceptors (Lipinski definition) is 2. The van der Waals surface area contributed by atoms with Crippen molar-refractivity contribution >= 4 is 29.9 Å². The number of aliphatic imine (C=N–C) groups is 1. The topological polar surface area (TPSA) is 49.6 Å². The number of nitrogens with zero attached hydrogens (tertiary/aromatic N) is 1. The SMILES string of the molecule is CCNC(=NCc1ccco1)NCC1(Cc2ccccc2)CC1.I. The zero-order valence-electron chi connectivity index (χ0n) is 14.1. The molecule has 0 spiro atoms. The van der Waals surface area contributed by atoms with Crippen LogP contribution in [0.25, 0.3) is 0 Å². The summed E-state index contributed by atoms with van der Waals surface area (Å²) in [6, 6.07) is 14.6. The molecule has 0 atom stereocenters. The van der Waals surface area contributed by atoms with Gasteiger partial charge >= 0.3 is 0 Å². The molecule has 1 aromatic heterocycles. The summed E-state index contributed by atoms with van der Waals surface area (Å²) < 4.78 is 5.34. The molecule has 0 aliphatic heterocycles. The lowest BCUT2D eigenvalue weighted by Gasteiger charge is -2.18. The quantitative estimate of drug-likeness (QED) is 0.390. The van der Waals surface area contributed by atoms with Crippen LogP contribution in [0.15, 0.2) is 58.1 Å². The second-order valence-corrected chi connectivity index (χ2v) is 6.29. The standard InChI is InChI=1S/C19H25N3O.HI/c1-2-20-18(21-14-17-9-6-12-23-17)22-15-19(10-11-19)13-16-7-4-3-5-8-16;/h3-9,12H,2,10-11,13-15H2,1H3,(H2,20,21,22);1H. The first kappa shape index (κ1) is 18.8. The Hall–Kier alpha value is -1.50. The van der Waals surface area contributed by atoms with Gasteiger partial charge < -0.3 is 15.1 Å². The molecule has 1 aliphatic rings. The van der Waals surface area contributed by atoms with E-state index in [0.717, 1.165) is 31.2 Å². The number of halogens is 1. The molecule has 130 valence electrons. The van der Waals surface area contributed by atoms with E-state index in [4.69, 9.17) is 4.42 Å². The molecular weight excluding hydrogens is 413 g/mol. The number of rotatable bonds is 7. The molecule has 0 unspecified atom stereocenters. The highest BCUT2D eigenvalue weighted by molar-refractivity contribution is 14.0. The predicted octanol–water partition coefficient (Wildman–Crippen LogP) is 3.98. The summed E-state index contributed by atoms with van der Waals surface area (Å²) >= 11 is 0. The molecule has 0 saturated heterocycles. The molecule has 2 N–H and O–H groups in total. The smallest absolute Gasteiger partial charge is 0.191 e. The van der Waals surface area contributed by atoms with E-state index in [9.17, 15) is 0 Å². The van der Waals surface area contributed by atoms with Gasteiger partial charge in [-0.25, -0.2) is 4.99 Å². The van der Waals surface area contributed by atoms with Gasteiger partial charge in [0.1, 0.15) is 12.3 Å². The van der Waals surface area contributed by atoms with Gasteiger partial charge in [0.2, 0.25) is 0 Å². The fraction of sp³-hybridized carbons (Fsp3) is 0.421.